The predicted molar refractivity (Wildman–Crippen MR) is 197 cm³/mol. The van der Waals surface area contributed by atoms with Gasteiger partial charge in [0.2, 0.25) is 12.6 Å². The normalized spacial score (nSPS) is 30.8. The minimum atomic E-state index is -1.75. The standard InChI is InChI=1S/C40H42O18/c41-14-28-31(48)33(50)35(52)39(56-28)54-22-6-16(5-20(43)12-22)1-2-17-7-24-30(37(58-38(24)27(47)8-17)18-3-4-25(45)26(46)11-18)19-9-21(44)13-23(10-19)55-40-36(53)34(51)32(49)29(15-42)57-40/h1-13,28-37,39-53H,14-15H2/t28-,29-,30-,31-,32-,33+,34+,35-,36-,37+,39-,40-/m1/s1. The van der Waals surface area contributed by atoms with Crippen LogP contribution in [0.4, 0.5) is 0 Å². The molecule has 13 N–H and O–H groups in total. The van der Waals surface area contributed by atoms with Crippen LogP contribution in [0.1, 0.15) is 39.8 Å². The lowest BCUT2D eigenvalue weighted by molar-refractivity contribution is -0.277. The molecule has 0 unspecified atom stereocenters. The first-order valence-corrected chi connectivity index (χ1v) is 18.0. The van der Waals surface area contributed by atoms with Crippen LogP contribution in [-0.4, -0.2) is 141 Å². The third-order valence-corrected chi connectivity index (χ3v) is 10.2. The SMILES string of the molecule is OC[C@H]1O[C@@H](Oc2cc(O)cc(C=Cc3cc(O)c4c(c3)[C@@H](c3cc(O)cc(O[C@@H]5O[C@H](CO)[C@@H](O)[C@H](O)[C@H]5O)c3)[C@H](c3ccc(O)c(O)c3)O4)c2)[C@H](O)[C@@H](O)[C@@H]1O. The Morgan fingerprint density at radius 3 is 1.64 bits per heavy atom. The number of aliphatic hydroxyl groups excluding tert-OH is 8. The highest BCUT2D eigenvalue weighted by atomic mass is 16.7. The summed E-state index contributed by atoms with van der Waals surface area (Å²) in [5.41, 5.74) is 1.87. The van der Waals surface area contributed by atoms with Crippen LogP contribution in [0.15, 0.2) is 66.7 Å². The largest absolute Gasteiger partial charge is 0.508 e. The van der Waals surface area contributed by atoms with E-state index in [0.717, 1.165) is 0 Å². The van der Waals surface area contributed by atoms with Crippen molar-refractivity contribution in [3.05, 3.63) is 94.5 Å². The summed E-state index contributed by atoms with van der Waals surface area (Å²) in [5.74, 6) is -2.59. The number of phenolic OH excluding ortho intramolecular Hbond substituents is 5. The van der Waals surface area contributed by atoms with Gasteiger partial charge in [-0.2, -0.15) is 0 Å². The molecule has 7 rings (SSSR count). The summed E-state index contributed by atoms with van der Waals surface area (Å²) in [4.78, 5) is 0. The molecule has 12 atom stereocenters. The van der Waals surface area contributed by atoms with Crippen LogP contribution in [0.3, 0.4) is 0 Å². The molecule has 4 aromatic rings. The molecule has 0 bridgehead atoms. The molecule has 0 spiro atoms. The number of aliphatic hydroxyl groups is 8. The Labute approximate surface area is 329 Å². The van der Waals surface area contributed by atoms with Crippen LogP contribution in [-0.2, 0) is 9.47 Å². The van der Waals surface area contributed by atoms with Gasteiger partial charge >= 0.3 is 0 Å². The number of aromatic hydroxyl groups is 5. The minimum absolute atomic E-state index is 0.000130. The van der Waals surface area contributed by atoms with E-state index in [1.54, 1.807) is 18.2 Å². The molecule has 0 aliphatic carbocycles. The zero-order valence-electron chi connectivity index (χ0n) is 30.2. The Morgan fingerprint density at radius 1 is 0.517 bits per heavy atom. The van der Waals surface area contributed by atoms with E-state index < -0.39 is 98.1 Å². The van der Waals surface area contributed by atoms with E-state index in [9.17, 15) is 66.4 Å². The van der Waals surface area contributed by atoms with Crippen LogP contribution in [0.25, 0.3) is 12.2 Å². The van der Waals surface area contributed by atoms with E-state index in [1.165, 1.54) is 60.7 Å². The maximum Gasteiger partial charge on any atom is 0.229 e. The first kappa shape index (κ1) is 40.8. The van der Waals surface area contributed by atoms with Crippen molar-refractivity contribution in [3.8, 4) is 46.0 Å². The van der Waals surface area contributed by atoms with Crippen LogP contribution < -0.4 is 14.2 Å². The lowest BCUT2D eigenvalue weighted by Gasteiger charge is -2.39. The Balaban J connectivity index is 1.22. The Bertz CT molecular complexity index is 2140. The van der Waals surface area contributed by atoms with Gasteiger partial charge in [0.15, 0.2) is 23.0 Å². The van der Waals surface area contributed by atoms with E-state index >= 15 is 0 Å². The highest BCUT2D eigenvalue weighted by Gasteiger charge is 2.46. The number of benzene rings is 4. The lowest BCUT2D eigenvalue weighted by atomic mass is 9.84. The maximum atomic E-state index is 11.3. The van der Waals surface area contributed by atoms with E-state index in [-0.39, 0.29) is 34.5 Å². The van der Waals surface area contributed by atoms with Crippen molar-refractivity contribution >= 4 is 12.2 Å². The van der Waals surface area contributed by atoms with Gasteiger partial charge in [0.25, 0.3) is 0 Å². The van der Waals surface area contributed by atoms with Crippen molar-refractivity contribution in [2.24, 2.45) is 0 Å². The fourth-order valence-electron chi connectivity index (χ4n) is 7.22. The molecule has 310 valence electrons. The second-order valence-electron chi connectivity index (χ2n) is 14.2. The van der Waals surface area contributed by atoms with E-state index in [4.69, 9.17) is 23.7 Å². The Morgan fingerprint density at radius 2 is 1.07 bits per heavy atom. The number of hydrogen-bond donors (Lipinski definition) is 13. The Kier molecular flexibility index (Phi) is 11.6. The average molecular weight is 811 g/mol. The quantitative estimate of drug-likeness (QED) is 0.0741. The molecule has 58 heavy (non-hydrogen) atoms. The molecule has 3 aliphatic heterocycles. The second-order valence-corrected chi connectivity index (χ2v) is 14.2. The fraction of sp³-hybridized carbons (Fsp3) is 0.350. The van der Waals surface area contributed by atoms with Gasteiger partial charge in [0.05, 0.1) is 19.1 Å². The fourth-order valence-corrected chi connectivity index (χ4v) is 7.22. The summed E-state index contributed by atoms with van der Waals surface area (Å²) in [6.07, 6.45) is -13.5. The molecule has 3 aliphatic rings. The first-order chi connectivity index (χ1) is 27.6. The summed E-state index contributed by atoms with van der Waals surface area (Å²) in [6, 6.07) is 15.2. The molecule has 2 fully saturated rings. The van der Waals surface area contributed by atoms with E-state index in [2.05, 4.69) is 0 Å². The van der Waals surface area contributed by atoms with Crippen molar-refractivity contribution < 1.29 is 90.1 Å². The van der Waals surface area contributed by atoms with Gasteiger partial charge in [0.1, 0.15) is 77.9 Å². The number of hydrogen-bond acceptors (Lipinski definition) is 18. The van der Waals surface area contributed by atoms with Crippen LogP contribution >= 0.6 is 0 Å². The minimum Gasteiger partial charge on any atom is -0.508 e. The summed E-state index contributed by atoms with van der Waals surface area (Å²) < 4.78 is 28.6. The van der Waals surface area contributed by atoms with Crippen LogP contribution in [0.5, 0.6) is 46.0 Å². The summed E-state index contributed by atoms with van der Waals surface area (Å²) in [5, 5.41) is 134. The summed E-state index contributed by atoms with van der Waals surface area (Å²) in [6.45, 7) is -1.37. The summed E-state index contributed by atoms with van der Waals surface area (Å²) >= 11 is 0. The van der Waals surface area contributed by atoms with Crippen molar-refractivity contribution in [2.45, 2.75) is 73.4 Å². The van der Waals surface area contributed by atoms with Crippen LogP contribution in [0.2, 0.25) is 0 Å². The molecule has 0 amide bonds. The molecule has 0 aromatic heterocycles. The Hall–Kier alpha value is -5.38. The number of phenols is 5. The molecular formula is C40H42O18. The zero-order chi connectivity index (χ0) is 41.6. The monoisotopic (exact) mass is 810 g/mol. The summed E-state index contributed by atoms with van der Waals surface area (Å²) in [7, 11) is 0. The molecule has 2 saturated heterocycles. The molecule has 4 aromatic carbocycles. The second kappa shape index (κ2) is 16.5. The number of ether oxygens (including phenoxy) is 5. The smallest absolute Gasteiger partial charge is 0.229 e. The maximum absolute atomic E-state index is 11.3. The van der Waals surface area contributed by atoms with Gasteiger partial charge in [-0.25, -0.2) is 0 Å². The average Bonchev–Trinajstić information content (AvgIpc) is 3.58. The molecular weight excluding hydrogens is 768 g/mol. The van der Waals surface area contributed by atoms with Gasteiger partial charge in [0, 0.05) is 17.7 Å². The third-order valence-electron chi connectivity index (χ3n) is 10.2. The van der Waals surface area contributed by atoms with Crippen molar-refractivity contribution in [2.75, 3.05) is 13.2 Å². The molecule has 3 heterocycles. The van der Waals surface area contributed by atoms with Crippen LogP contribution in [0, 0.1) is 0 Å². The van der Waals surface area contributed by atoms with Crippen molar-refractivity contribution in [3.63, 3.8) is 0 Å². The third kappa shape index (κ3) is 8.03. The topological polar surface area (TPSA) is 309 Å². The van der Waals surface area contributed by atoms with E-state index in [0.29, 0.717) is 27.8 Å². The number of fused-ring (bicyclic) bond motifs is 1. The van der Waals surface area contributed by atoms with Crippen molar-refractivity contribution in [1.82, 2.24) is 0 Å². The lowest BCUT2D eigenvalue weighted by Crippen LogP contribution is -2.60. The highest BCUT2D eigenvalue weighted by molar-refractivity contribution is 5.74. The molecule has 18 nitrogen and oxygen atoms in total. The van der Waals surface area contributed by atoms with Crippen molar-refractivity contribution in [1.29, 1.82) is 0 Å². The first-order valence-electron chi connectivity index (χ1n) is 18.0. The van der Waals surface area contributed by atoms with Gasteiger partial charge in [-0.05, 0) is 70.8 Å². The van der Waals surface area contributed by atoms with E-state index in [1.807, 2.05) is 0 Å². The van der Waals surface area contributed by atoms with Gasteiger partial charge in [-0.1, -0.05) is 18.2 Å². The highest BCUT2D eigenvalue weighted by Crippen LogP contribution is 2.54. The van der Waals surface area contributed by atoms with Gasteiger partial charge in [-0.3, -0.25) is 0 Å². The number of rotatable bonds is 10. The predicted octanol–water partition coefficient (Wildman–Crippen LogP) is 0.00800. The van der Waals surface area contributed by atoms with Gasteiger partial charge in [-0.15, -0.1) is 0 Å². The zero-order valence-corrected chi connectivity index (χ0v) is 30.2. The molecule has 18 heteroatoms. The molecule has 0 radical (unpaired) electrons. The molecule has 0 saturated carbocycles. The van der Waals surface area contributed by atoms with Gasteiger partial charge < -0.3 is 90.1 Å².